The van der Waals surface area contributed by atoms with Crippen LogP contribution in [0.25, 0.3) is 54.6 Å². The lowest BCUT2D eigenvalue weighted by atomic mass is 9.92. The van der Waals surface area contributed by atoms with Crippen molar-refractivity contribution in [3.63, 3.8) is 0 Å². The molecular formula is C36H22OS. The van der Waals surface area contributed by atoms with Gasteiger partial charge in [0.05, 0.1) is 9.79 Å². The second-order valence-electron chi connectivity index (χ2n) is 9.71. The lowest BCUT2D eigenvalue weighted by Gasteiger charge is -2.22. The summed E-state index contributed by atoms with van der Waals surface area (Å²) in [5.41, 5.74) is 4.70. The fraction of sp³-hybridized carbons (Fsp3) is 0. The van der Waals surface area contributed by atoms with Crippen molar-refractivity contribution in [3.05, 3.63) is 133 Å². The highest BCUT2D eigenvalue weighted by atomic mass is 32.2. The maximum atomic E-state index is 6.38. The fourth-order valence-electron chi connectivity index (χ4n) is 5.71. The molecule has 0 radical (unpaired) electrons. The molecule has 1 heterocycles. The average molecular weight is 503 g/mol. The van der Waals surface area contributed by atoms with Gasteiger partial charge in [-0.15, -0.1) is 0 Å². The van der Waals surface area contributed by atoms with Crippen molar-refractivity contribution in [3.8, 4) is 33.8 Å². The molecule has 0 amide bonds. The van der Waals surface area contributed by atoms with E-state index >= 15 is 0 Å². The summed E-state index contributed by atoms with van der Waals surface area (Å²) >= 11 is 1.77. The lowest BCUT2D eigenvalue weighted by Crippen LogP contribution is -1.96. The van der Waals surface area contributed by atoms with Crippen molar-refractivity contribution in [2.24, 2.45) is 0 Å². The molecule has 0 unspecified atom stereocenters. The van der Waals surface area contributed by atoms with E-state index in [4.69, 9.17) is 4.74 Å². The molecule has 1 aliphatic heterocycles. The van der Waals surface area contributed by atoms with Crippen LogP contribution in [-0.4, -0.2) is 0 Å². The molecule has 0 bridgehead atoms. The van der Waals surface area contributed by atoms with Crippen LogP contribution in [0.4, 0.5) is 0 Å². The molecule has 0 fully saturated rings. The van der Waals surface area contributed by atoms with E-state index in [9.17, 15) is 0 Å². The molecular weight excluding hydrogens is 480 g/mol. The maximum absolute atomic E-state index is 6.38. The van der Waals surface area contributed by atoms with Crippen molar-refractivity contribution in [2.45, 2.75) is 9.79 Å². The van der Waals surface area contributed by atoms with Gasteiger partial charge in [0.25, 0.3) is 0 Å². The van der Waals surface area contributed by atoms with Gasteiger partial charge in [-0.1, -0.05) is 121 Å². The predicted molar refractivity (Wildman–Crippen MR) is 160 cm³/mol. The first-order valence-corrected chi connectivity index (χ1v) is 13.7. The van der Waals surface area contributed by atoms with Gasteiger partial charge in [0, 0.05) is 5.56 Å². The predicted octanol–water partition coefficient (Wildman–Crippen LogP) is 10.7. The number of para-hydroxylation sites is 2. The molecule has 7 aromatic rings. The molecule has 0 aromatic heterocycles. The van der Waals surface area contributed by atoms with E-state index in [1.165, 1.54) is 43.4 Å². The van der Waals surface area contributed by atoms with E-state index < -0.39 is 0 Å². The van der Waals surface area contributed by atoms with E-state index in [-0.39, 0.29) is 0 Å². The van der Waals surface area contributed by atoms with Crippen molar-refractivity contribution in [2.75, 3.05) is 0 Å². The maximum Gasteiger partial charge on any atom is 0.149 e. The largest absolute Gasteiger partial charge is 0.454 e. The van der Waals surface area contributed by atoms with Gasteiger partial charge in [-0.2, -0.15) is 0 Å². The smallest absolute Gasteiger partial charge is 0.149 e. The van der Waals surface area contributed by atoms with Crippen LogP contribution >= 0.6 is 11.8 Å². The molecule has 0 saturated heterocycles. The number of fused-ring (bicyclic) bond motifs is 8. The summed E-state index contributed by atoms with van der Waals surface area (Å²) in [7, 11) is 0. The molecule has 38 heavy (non-hydrogen) atoms. The highest BCUT2D eigenvalue weighted by molar-refractivity contribution is 7.99. The summed E-state index contributed by atoms with van der Waals surface area (Å²) in [5.74, 6) is 1.86. The fourth-order valence-corrected chi connectivity index (χ4v) is 6.69. The van der Waals surface area contributed by atoms with Gasteiger partial charge >= 0.3 is 0 Å². The van der Waals surface area contributed by atoms with Gasteiger partial charge in [-0.3, -0.25) is 0 Å². The van der Waals surface area contributed by atoms with Crippen molar-refractivity contribution in [1.29, 1.82) is 0 Å². The number of benzene rings is 7. The molecule has 0 aliphatic carbocycles. The van der Waals surface area contributed by atoms with E-state index in [1.807, 2.05) is 12.1 Å². The minimum atomic E-state index is 0.921. The average Bonchev–Trinajstić information content (AvgIpc) is 3.00. The molecule has 8 rings (SSSR count). The summed E-state index contributed by atoms with van der Waals surface area (Å²) in [6.07, 6.45) is 0. The second kappa shape index (κ2) is 8.51. The number of ether oxygens (including phenoxy) is 1. The minimum absolute atomic E-state index is 0.921. The van der Waals surface area contributed by atoms with E-state index in [1.54, 1.807) is 11.8 Å². The Kier molecular flexibility index (Phi) is 4.83. The van der Waals surface area contributed by atoms with Crippen LogP contribution in [0.5, 0.6) is 11.5 Å². The van der Waals surface area contributed by atoms with Crippen molar-refractivity contribution < 1.29 is 4.74 Å². The molecule has 1 aliphatic rings. The SMILES string of the molecule is c1ccc2c(c1)Oc1c(cccc1-c1ccc(-c3ccc4c5ccccc5c5ccccc5c4c3)cc1)S2. The van der Waals surface area contributed by atoms with Crippen LogP contribution in [0.3, 0.4) is 0 Å². The summed E-state index contributed by atoms with van der Waals surface area (Å²) in [5, 5.41) is 7.80. The number of rotatable bonds is 2. The normalized spacial score (nSPS) is 12.3. The summed E-state index contributed by atoms with van der Waals surface area (Å²) < 4.78 is 6.38. The van der Waals surface area contributed by atoms with Gasteiger partial charge in [-0.05, 0) is 73.3 Å². The molecule has 0 atom stereocenters. The Balaban J connectivity index is 1.22. The Hall–Kier alpha value is -4.53. The third-order valence-corrected chi connectivity index (χ3v) is 8.63. The zero-order valence-electron chi connectivity index (χ0n) is 20.5. The van der Waals surface area contributed by atoms with Gasteiger partial charge < -0.3 is 4.74 Å². The molecule has 0 N–H and O–H groups in total. The van der Waals surface area contributed by atoms with Crippen LogP contribution in [0.15, 0.2) is 143 Å². The Labute approximate surface area is 225 Å². The molecule has 1 nitrogen and oxygen atoms in total. The monoisotopic (exact) mass is 502 g/mol. The van der Waals surface area contributed by atoms with Crippen LogP contribution in [0.1, 0.15) is 0 Å². The zero-order valence-corrected chi connectivity index (χ0v) is 21.3. The summed E-state index contributed by atoms with van der Waals surface area (Å²) in [4.78, 5) is 2.31. The van der Waals surface area contributed by atoms with Crippen LogP contribution in [-0.2, 0) is 0 Å². The third-order valence-electron chi connectivity index (χ3n) is 7.53. The summed E-state index contributed by atoms with van der Waals surface area (Å²) in [6, 6.07) is 47.8. The molecule has 0 saturated carbocycles. The van der Waals surface area contributed by atoms with E-state index in [0.29, 0.717) is 0 Å². The Morgan fingerprint density at radius 1 is 0.395 bits per heavy atom. The first kappa shape index (κ1) is 21.5. The van der Waals surface area contributed by atoms with E-state index in [0.717, 1.165) is 32.4 Å². The van der Waals surface area contributed by atoms with Gasteiger partial charge in [0.2, 0.25) is 0 Å². The third kappa shape index (κ3) is 3.34. The highest BCUT2D eigenvalue weighted by Gasteiger charge is 2.21. The van der Waals surface area contributed by atoms with Crippen molar-refractivity contribution >= 4 is 44.1 Å². The minimum Gasteiger partial charge on any atom is -0.454 e. The van der Waals surface area contributed by atoms with Gasteiger partial charge in [-0.25, -0.2) is 0 Å². The van der Waals surface area contributed by atoms with E-state index in [2.05, 4.69) is 121 Å². The second-order valence-corrected chi connectivity index (χ2v) is 10.8. The molecule has 7 aromatic carbocycles. The zero-order chi connectivity index (χ0) is 25.1. The Morgan fingerprint density at radius 2 is 0.947 bits per heavy atom. The first-order chi connectivity index (χ1) is 18.8. The molecule has 0 spiro atoms. The Morgan fingerprint density at radius 3 is 1.68 bits per heavy atom. The number of hydrogen-bond acceptors (Lipinski definition) is 2. The lowest BCUT2D eigenvalue weighted by molar-refractivity contribution is 0.456. The Bertz CT molecular complexity index is 1990. The number of hydrogen-bond donors (Lipinski definition) is 0. The topological polar surface area (TPSA) is 9.23 Å². The van der Waals surface area contributed by atoms with Gasteiger partial charge in [0.15, 0.2) is 0 Å². The molecule has 2 heteroatoms. The van der Waals surface area contributed by atoms with Crippen LogP contribution in [0, 0.1) is 0 Å². The summed E-state index contributed by atoms with van der Waals surface area (Å²) in [6.45, 7) is 0. The standard InChI is InChI=1S/C36H22OS/c1-2-10-29-27(8-1)28-9-3-4-11-30(28)32-22-25(20-21-31(29)32)23-16-18-24(19-17-23)26-12-7-15-35-36(26)37-33-13-5-6-14-34(33)38-35/h1-22H. The van der Waals surface area contributed by atoms with Crippen LogP contribution < -0.4 is 4.74 Å². The van der Waals surface area contributed by atoms with Gasteiger partial charge in [0.1, 0.15) is 11.5 Å². The quantitative estimate of drug-likeness (QED) is 0.217. The highest BCUT2D eigenvalue weighted by Crippen LogP contribution is 2.50. The van der Waals surface area contributed by atoms with Crippen molar-refractivity contribution in [1.82, 2.24) is 0 Å². The first-order valence-electron chi connectivity index (χ1n) is 12.9. The van der Waals surface area contributed by atoms with Crippen LogP contribution in [0.2, 0.25) is 0 Å². The molecule has 178 valence electrons.